The van der Waals surface area contributed by atoms with Gasteiger partial charge in [0.1, 0.15) is 17.6 Å². The molecular formula is C33H43N5O7. The number of rotatable bonds is 5. The standard InChI is InChI=1S/C33H43N5O7/c1-32(2,3)25(19-38-27(40)21-13-9-10-14-22(21)28(38)41)35-31(45)34-23-15-8-6-4-5-7-12-20-18-33(20,30(43)44)36-26(39)24-16-11-17-37(24)29(23)42/h7,9-10,12-14,20,23-25H,4-6,8,11,15-19H2,1-3H3,(H,36,39)(H,43,44)(H2,34,35,45)/b12-7-/t20?,23-,24-,25?,33+/m0/s1. The van der Waals surface area contributed by atoms with Crippen molar-refractivity contribution in [2.75, 3.05) is 13.1 Å². The number of imide groups is 1. The van der Waals surface area contributed by atoms with E-state index in [-0.39, 0.29) is 18.4 Å². The number of carbonyl (C=O) groups is 6. The highest BCUT2D eigenvalue weighted by atomic mass is 16.4. The molecule has 0 radical (unpaired) electrons. The van der Waals surface area contributed by atoms with Crippen LogP contribution in [-0.2, 0) is 14.4 Å². The van der Waals surface area contributed by atoms with Crippen LogP contribution in [0.2, 0.25) is 0 Å². The number of urea groups is 1. The molecule has 45 heavy (non-hydrogen) atoms. The maximum atomic E-state index is 13.9. The highest BCUT2D eigenvalue weighted by molar-refractivity contribution is 6.21. The average Bonchev–Trinajstić information content (AvgIpc) is 3.35. The fraction of sp³-hybridized carbons (Fsp3) is 0.576. The highest BCUT2D eigenvalue weighted by Crippen LogP contribution is 2.45. The number of allylic oxidation sites excluding steroid dienone is 1. The summed E-state index contributed by atoms with van der Waals surface area (Å²) in [5.41, 5.74) is -1.26. The third kappa shape index (κ3) is 6.60. The minimum Gasteiger partial charge on any atom is -0.479 e. The Morgan fingerprint density at radius 2 is 1.71 bits per heavy atom. The lowest BCUT2D eigenvalue weighted by Gasteiger charge is -2.35. The molecule has 1 aromatic carbocycles. The number of carbonyl (C=O) groups excluding carboxylic acids is 5. The molecule has 12 heteroatoms. The van der Waals surface area contributed by atoms with Crippen molar-refractivity contribution in [2.45, 2.75) is 95.8 Å². The van der Waals surface area contributed by atoms with Gasteiger partial charge in [-0.2, -0.15) is 0 Å². The quantitative estimate of drug-likeness (QED) is 0.290. The third-order valence-corrected chi connectivity index (χ3v) is 9.51. The Bertz CT molecular complexity index is 1380. The van der Waals surface area contributed by atoms with E-state index in [9.17, 15) is 33.9 Å². The van der Waals surface area contributed by atoms with E-state index in [0.29, 0.717) is 49.8 Å². The van der Waals surface area contributed by atoms with Gasteiger partial charge in [-0.05, 0) is 56.1 Å². The Balaban J connectivity index is 1.30. The number of nitrogens with one attached hydrogen (secondary N) is 3. The lowest BCUT2D eigenvalue weighted by Crippen LogP contribution is -2.59. The van der Waals surface area contributed by atoms with Crippen LogP contribution in [0.25, 0.3) is 0 Å². The summed E-state index contributed by atoms with van der Waals surface area (Å²) in [6.07, 6.45) is 8.52. The number of fused-ring (bicyclic) bond motifs is 3. The topological polar surface area (TPSA) is 165 Å². The molecule has 2 unspecified atom stereocenters. The molecule has 1 saturated heterocycles. The van der Waals surface area contributed by atoms with Gasteiger partial charge < -0.3 is 26.0 Å². The molecule has 3 aliphatic heterocycles. The summed E-state index contributed by atoms with van der Waals surface area (Å²) in [6, 6.07) is 3.62. The first kappa shape index (κ1) is 32.2. The molecule has 5 rings (SSSR count). The van der Waals surface area contributed by atoms with Crippen LogP contribution in [0.5, 0.6) is 0 Å². The second-order valence-electron chi connectivity index (χ2n) is 13.7. The van der Waals surface area contributed by atoms with Crippen molar-refractivity contribution < 1.29 is 33.9 Å². The summed E-state index contributed by atoms with van der Waals surface area (Å²) in [7, 11) is 0. The van der Waals surface area contributed by atoms with Gasteiger partial charge in [0.05, 0.1) is 23.7 Å². The van der Waals surface area contributed by atoms with Crippen LogP contribution in [0.3, 0.4) is 0 Å². The molecule has 0 aromatic heterocycles. The molecule has 5 atom stereocenters. The number of carboxylic acid groups (broad SMARTS) is 1. The van der Waals surface area contributed by atoms with Crippen LogP contribution < -0.4 is 16.0 Å². The molecule has 4 N–H and O–H groups in total. The Morgan fingerprint density at radius 1 is 1.02 bits per heavy atom. The van der Waals surface area contributed by atoms with E-state index in [1.807, 2.05) is 32.9 Å². The van der Waals surface area contributed by atoms with E-state index >= 15 is 0 Å². The lowest BCUT2D eigenvalue weighted by atomic mass is 9.86. The van der Waals surface area contributed by atoms with Crippen LogP contribution in [-0.4, -0.2) is 87.3 Å². The summed E-state index contributed by atoms with van der Waals surface area (Å²) >= 11 is 0. The SMILES string of the molecule is CC(C)(C)C(CN1C(=O)c2ccccc2C1=O)NC(=O)N[C@H]1CCCCC/C=C\C2C[C@@]2(C(=O)O)NC(=O)[C@@H]2CCCN2C1=O. The number of benzene rings is 1. The van der Waals surface area contributed by atoms with Crippen LogP contribution in [0.1, 0.15) is 92.9 Å². The van der Waals surface area contributed by atoms with Crippen molar-refractivity contribution in [1.82, 2.24) is 25.8 Å². The van der Waals surface area contributed by atoms with E-state index in [4.69, 9.17) is 0 Å². The van der Waals surface area contributed by atoms with Crippen molar-refractivity contribution in [3.8, 4) is 0 Å². The molecule has 1 saturated carbocycles. The molecule has 4 aliphatic rings. The number of carboxylic acids is 1. The van der Waals surface area contributed by atoms with E-state index < -0.39 is 58.8 Å². The Kier molecular flexibility index (Phi) is 9.04. The highest BCUT2D eigenvalue weighted by Gasteiger charge is 2.61. The normalized spacial score (nSPS) is 28.6. The Labute approximate surface area is 263 Å². The van der Waals surface area contributed by atoms with E-state index in [1.54, 1.807) is 24.3 Å². The van der Waals surface area contributed by atoms with Gasteiger partial charge >= 0.3 is 12.0 Å². The predicted octanol–water partition coefficient (Wildman–Crippen LogP) is 2.84. The molecule has 1 aromatic rings. The Hall–Kier alpha value is -4.22. The van der Waals surface area contributed by atoms with Gasteiger partial charge in [-0.25, -0.2) is 9.59 Å². The van der Waals surface area contributed by atoms with Gasteiger partial charge in [-0.3, -0.25) is 24.1 Å². The lowest BCUT2D eigenvalue weighted by molar-refractivity contribution is -0.145. The molecule has 0 bridgehead atoms. The van der Waals surface area contributed by atoms with Gasteiger partial charge in [0, 0.05) is 12.5 Å². The summed E-state index contributed by atoms with van der Waals surface area (Å²) < 4.78 is 0. The predicted molar refractivity (Wildman–Crippen MR) is 164 cm³/mol. The summed E-state index contributed by atoms with van der Waals surface area (Å²) in [5.74, 6) is -3.09. The molecule has 242 valence electrons. The molecule has 2 fully saturated rings. The third-order valence-electron chi connectivity index (χ3n) is 9.51. The van der Waals surface area contributed by atoms with Gasteiger partial charge in [0.2, 0.25) is 11.8 Å². The first-order valence-electron chi connectivity index (χ1n) is 15.9. The first-order valence-corrected chi connectivity index (χ1v) is 15.9. The smallest absolute Gasteiger partial charge is 0.330 e. The molecule has 3 heterocycles. The van der Waals surface area contributed by atoms with E-state index in [2.05, 4.69) is 16.0 Å². The molecule has 1 aliphatic carbocycles. The number of nitrogens with zero attached hydrogens (tertiary/aromatic N) is 2. The van der Waals surface area contributed by atoms with Crippen LogP contribution in [0.4, 0.5) is 4.79 Å². The van der Waals surface area contributed by atoms with Gasteiger partial charge in [-0.15, -0.1) is 0 Å². The molecular weight excluding hydrogens is 578 g/mol. The number of amides is 6. The van der Waals surface area contributed by atoms with Crippen LogP contribution >= 0.6 is 0 Å². The van der Waals surface area contributed by atoms with Crippen molar-refractivity contribution in [3.05, 3.63) is 47.5 Å². The van der Waals surface area contributed by atoms with Crippen molar-refractivity contribution in [3.63, 3.8) is 0 Å². The van der Waals surface area contributed by atoms with Crippen molar-refractivity contribution in [2.24, 2.45) is 11.3 Å². The number of hydrogen-bond acceptors (Lipinski definition) is 6. The fourth-order valence-corrected chi connectivity index (χ4v) is 6.56. The number of aliphatic carboxylic acids is 1. The summed E-state index contributed by atoms with van der Waals surface area (Å²) in [6.45, 7) is 5.95. The zero-order valence-electron chi connectivity index (χ0n) is 26.1. The maximum Gasteiger partial charge on any atom is 0.330 e. The second kappa shape index (κ2) is 12.6. The van der Waals surface area contributed by atoms with E-state index in [1.165, 1.54) is 4.90 Å². The summed E-state index contributed by atoms with van der Waals surface area (Å²) in [4.78, 5) is 81.5. The molecule has 12 nitrogen and oxygen atoms in total. The minimum absolute atomic E-state index is 0.0455. The Morgan fingerprint density at radius 3 is 2.36 bits per heavy atom. The first-order chi connectivity index (χ1) is 21.3. The zero-order chi connectivity index (χ0) is 32.5. The number of hydrogen-bond donors (Lipinski definition) is 4. The molecule has 6 amide bonds. The largest absolute Gasteiger partial charge is 0.479 e. The van der Waals surface area contributed by atoms with Crippen molar-refractivity contribution in [1.29, 1.82) is 0 Å². The van der Waals surface area contributed by atoms with E-state index in [0.717, 1.165) is 24.2 Å². The monoisotopic (exact) mass is 621 g/mol. The van der Waals surface area contributed by atoms with Crippen LogP contribution in [0.15, 0.2) is 36.4 Å². The average molecular weight is 622 g/mol. The van der Waals surface area contributed by atoms with Crippen LogP contribution in [0, 0.1) is 11.3 Å². The molecule has 0 spiro atoms. The van der Waals surface area contributed by atoms with Gasteiger partial charge in [0.25, 0.3) is 11.8 Å². The second-order valence-corrected chi connectivity index (χ2v) is 13.7. The zero-order valence-corrected chi connectivity index (χ0v) is 26.1. The van der Waals surface area contributed by atoms with Gasteiger partial charge in [-0.1, -0.05) is 57.9 Å². The van der Waals surface area contributed by atoms with Gasteiger partial charge in [0.15, 0.2) is 0 Å². The van der Waals surface area contributed by atoms with Crippen molar-refractivity contribution >= 4 is 35.6 Å². The maximum absolute atomic E-state index is 13.9. The minimum atomic E-state index is -1.36. The fourth-order valence-electron chi connectivity index (χ4n) is 6.56. The summed E-state index contributed by atoms with van der Waals surface area (Å²) in [5, 5.41) is 18.4.